The molecule has 1 radical (unpaired) electrons. The Kier molecular flexibility index (Phi) is 10.5. The zero-order valence-corrected chi connectivity index (χ0v) is 27.9. The molecule has 0 saturated carbocycles. The van der Waals surface area contributed by atoms with E-state index >= 15 is 0 Å². The van der Waals surface area contributed by atoms with Crippen LogP contribution in [0, 0.1) is 26.8 Å². The Morgan fingerprint density at radius 2 is 1.50 bits per heavy atom. The Morgan fingerprint density at radius 3 is 2.05 bits per heavy atom. The van der Waals surface area contributed by atoms with Gasteiger partial charge in [0.25, 0.3) is 0 Å². The van der Waals surface area contributed by atoms with Crippen LogP contribution in [0.1, 0.15) is 56.9 Å². The maximum atomic E-state index is 10.0. The smallest absolute Gasteiger partial charge is 0.217 e. The van der Waals surface area contributed by atoms with Crippen LogP contribution in [0.2, 0.25) is 0 Å². The minimum atomic E-state index is -0.125. The first kappa shape index (κ1) is 32.7. The van der Waals surface area contributed by atoms with Gasteiger partial charge in [0.05, 0.1) is 5.76 Å². The number of nitrogens with zero attached hydrogens (tertiary/aromatic N) is 1. The molecule has 0 atom stereocenters. The van der Waals surface area contributed by atoms with Gasteiger partial charge in [-0.05, 0) is 67.1 Å². The number of fused-ring (bicyclic) bond motifs is 1. The first-order chi connectivity index (χ1) is 19.3. The molecule has 4 nitrogen and oxygen atoms in total. The molecule has 5 aromatic rings. The molecule has 1 N–H and O–H groups in total. The molecule has 0 aliphatic carbocycles. The number of benzene rings is 3. The van der Waals surface area contributed by atoms with Gasteiger partial charge in [0, 0.05) is 37.1 Å². The number of furan rings is 1. The second-order valence-corrected chi connectivity index (χ2v) is 11.7. The van der Waals surface area contributed by atoms with Crippen LogP contribution in [0.4, 0.5) is 0 Å². The van der Waals surface area contributed by atoms with Crippen molar-refractivity contribution in [2.75, 3.05) is 0 Å². The van der Waals surface area contributed by atoms with Crippen molar-refractivity contribution in [2.45, 2.75) is 60.8 Å². The van der Waals surface area contributed by atoms with E-state index in [0.29, 0.717) is 5.71 Å². The zero-order valence-electron chi connectivity index (χ0n) is 25.5. The van der Waals surface area contributed by atoms with E-state index in [9.17, 15) is 4.79 Å². The first-order valence-corrected chi connectivity index (χ1v) is 13.8. The van der Waals surface area contributed by atoms with E-state index in [1.165, 1.54) is 47.7 Å². The summed E-state index contributed by atoms with van der Waals surface area (Å²) < 4.78 is 6.21. The van der Waals surface area contributed by atoms with E-state index < -0.39 is 0 Å². The number of hydrogen-bond donors (Lipinski definition) is 1. The maximum absolute atomic E-state index is 10.0. The predicted molar refractivity (Wildman–Crippen MR) is 169 cm³/mol. The van der Waals surface area contributed by atoms with Gasteiger partial charge in [-0.1, -0.05) is 82.3 Å². The fourth-order valence-electron chi connectivity index (χ4n) is 4.86. The summed E-state index contributed by atoms with van der Waals surface area (Å²) >= 11 is 0. The van der Waals surface area contributed by atoms with E-state index in [-0.39, 0.29) is 37.1 Å². The standard InChI is InChI=1S/C32H30NO.C5H8O2.Ir/c1-20-16-26(18-27(17-20)32(4,5)6)28-15-14-25-19-29(34-31(25)33-28)23-10-12-24(13-11-23)30-21(2)8-7-9-22(30)3;1-4(6)3-5(2)7;/h7-15,17-19H,1-6H3;3,6H,1-2H3;/q-1;;/b;4-3-;. The molecule has 219 valence electrons. The van der Waals surface area contributed by atoms with Crippen molar-refractivity contribution in [1.82, 2.24) is 4.98 Å². The molecular formula is C37H38IrNO3-. The normalized spacial score (nSPS) is 11.5. The van der Waals surface area contributed by atoms with Crippen LogP contribution < -0.4 is 0 Å². The summed E-state index contributed by atoms with van der Waals surface area (Å²) in [6.45, 7) is 15.9. The molecule has 2 heterocycles. The van der Waals surface area contributed by atoms with Gasteiger partial charge < -0.3 is 9.52 Å². The molecule has 0 spiro atoms. The topological polar surface area (TPSA) is 63.3 Å². The van der Waals surface area contributed by atoms with Crippen molar-refractivity contribution < 1.29 is 34.4 Å². The Labute approximate surface area is 262 Å². The average molecular weight is 737 g/mol. The quantitative estimate of drug-likeness (QED) is 0.113. The second kappa shape index (κ2) is 13.5. The molecule has 42 heavy (non-hydrogen) atoms. The third-order valence-corrected chi connectivity index (χ3v) is 6.88. The van der Waals surface area contributed by atoms with Crippen molar-refractivity contribution in [3.05, 3.63) is 113 Å². The average Bonchev–Trinajstić information content (AvgIpc) is 3.31. The van der Waals surface area contributed by atoms with E-state index in [0.717, 1.165) is 33.5 Å². The summed E-state index contributed by atoms with van der Waals surface area (Å²) in [7, 11) is 0. The number of rotatable bonds is 4. The Bertz CT molecular complexity index is 1710. The number of carbonyl (C=O) groups is 1. The number of aliphatic hydroxyl groups is 1. The van der Waals surface area contributed by atoms with E-state index in [4.69, 9.17) is 14.5 Å². The van der Waals surface area contributed by atoms with Crippen LogP contribution in [0.5, 0.6) is 0 Å². The minimum absolute atomic E-state index is 0. The number of aryl methyl sites for hydroxylation is 3. The van der Waals surface area contributed by atoms with Crippen molar-refractivity contribution in [1.29, 1.82) is 0 Å². The molecular weight excluding hydrogens is 699 g/mol. The Balaban J connectivity index is 0.000000541. The Morgan fingerprint density at radius 1 is 0.881 bits per heavy atom. The van der Waals surface area contributed by atoms with Gasteiger partial charge in [0.15, 0.2) is 5.78 Å². The van der Waals surface area contributed by atoms with Crippen LogP contribution >= 0.6 is 0 Å². The fourth-order valence-corrected chi connectivity index (χ4v) is 4.86. The summed E-state index contributed by atoms with van der Waals surface area (Å²) in [6, 6.07) is 29.1. The summed E-state index contributed by atoms with van der Waals surface area (Å²) in [5.74, 6) is 0.767. The Hall–Kier alpha value is -3.79. The summed E-state index contributed by atoms with van der Waals surface area (Å²) in [6.07, 6.45) is 1.17. The van der Waals surface area contributed by atoms with Gasteiger partial charge in [-0.25, -0.2) is 0 Å². The molecule has 2 aromatic heterocycles. The van der Waals surface area contributed by atoms with E-state index in [1.54, 1.807) is 0 Å². The molecule has 3 aromatic carbocycles. The van der Waals surface area contributed by atoms with Crippen molar-refractivity contribution in [2.24, 2.45) is 0 Å². The van der Waals surface area contributed by atoms with Gasteiger partial charge >= 0.3 is 0 Å². The fraction of sp³-hybridized carbons (Fsp3) is 0.243. The predicted octanol–water partition coefficient (Wildman–Crippen LogP) is 9.89. The number of carbonyl (C=O) groups excluding carboxylic acids is 1. The van der Waals surface area contributed by atoms with Crippen LogP contribution in [-0.2, 0) is 30.3 Å². The molecule has 0 amide bonds. The van der Waals surface area contributed by atoms with Gasteiger partial charge in [-0.3, -0.25) is 9.78 Å². The number of aromatic nitrogens is 1. The van der Waals surface area contributed by atoms with E-state index in [2.05, 4.69) is 120 Å². The molecule has 0 saturated heterocycles. The summed E-state index contributed by atoms with van der Waals surface area (Å²) in [5, 5.41) is 9.36. The van der Waals surface area contributed by atoms with Crippen LogP contribution in [0.25, 0.3) is 44.8 Å². The molecule has 0 aliphatic rings. The van der Waals surface area contributed by atoms with Crippen molar-refractivity contribution >= 4 is 16.9 Å². The number of hydrogen-bond acceptors (Lipinski definition) is 4. The second-order valence-electron chi connectivity index (χ2n) is 11.7. The molecule has 5 heteroatoms. The summed E-state index contributed by atoms with van der Waals surface area (Å²) in [4.78, 5) is 14.9. The van der Waals surface area contributed by atoms with Gasteiger partial charge in [0.2, 0.25) is 5.71 Å². The van der Waals surface area contributed by atoms with Crippen molar-refractivity contribution in [3.8, 4) is 33.7 Å². The zero-order chi connectivity index (χ0) is 29.9. The third-order valence-electron chi connectivity index (χ3n) is 6.88. The van der Waals surface area contributed by atoms with Crippen LogP contribution in [0.3, 0.4) is 0 Å². The number of ketones is 1. The summed E-state index contributed by atoms with van der Waals surface area (Å²) in [5.41, 5.74) is 11.2. The van der Waals surface area contributed by atoms with Crippen LogP contribution in [0.15, 0.2) is 89.0 Å². The van der Waals surface area contributed by atoms with Crippen LogP contribution in [-0.4, -0.2) is 15.9 Å². The van der Waals surface area contributed by atoms with Gasteiger partial charge in [-0.2, -0.15) is 0 Å². The first-order valence-electron chi connectivity index (χ1n) is 13.8. The molecule has 0 unspecified atom stereocenters. The molecule has 5 rings (SSSR count). The maximum Gasteiger partial charge on any atom is 0.217 e. The number of aliphatic hydroxyl groups excluding tert-OH is 1. The van der Waals surface area contributed by atoms with Gasteiger partial charge in [0.1, 0.15) is 5.76 Å². The largest absolute Gasteiger partial charge is 0.512 e. The van der Waals surface area contributed by atoms with E-state index in [1.807, 2.05) is 0 Å². The molecule has 0 bridgehead atoms. The SMILES string of the molecule is CC(=O)/C=C(/C)O.Cc1[c-]c(-c2ccc3cc(-c4ccc(-c5c(C)cccc5C)cc4)oc3n2)cc(C(C)(C)C)c1.[Ir]. The third kappa shape index (κ3) is 7.94. The molecule has 0 fully saturated rings. The van der Waals surface area contributed by atoms with Gasteiger partial charge in [-0.15, -0.1) is 34.9 Å². The minimum Gasteiger partial charge on any atom is -0.512 e. The van der Waals surface area contributed by atoms with Crippen molar-refractivity contribution in [3.63, 3.8) is 0 Å². The number of allylic oxidation sites excluding steroid dienone is 2. The molecule has 0 aliphatic heterocycles. The monoisotopic (exact) mass is 737 g/mol. The number of pyridine rings is 1.